The Hall–Kier alpha value is -1.86. The summed E-state index contributed by atoms with van der Waals surface area (Å²) < 4.78 is 22.8. The van der Waals surface area contributed by atoms with Crippen LogP contribution in [0.3, 0.4) is 0 Å². The summed E-state index contributed by atoms with van der Waals surface area (Å²) in [7, 11) is 5.78. The molecule has 0 saturated heterocycles. The monoisotopic (exact) mass is 388 g/mol. The van der Waals surface area contributed by atoms with Gasteiger partial charge in [0.2, 0.25) is 23.1 Å². The van der Waals surface area contributed by atoms with Crippen LogP contribution in [-0.4, -0.2) is 51.6 Å². The molecule has 4 atom stereocenters. The molecule has 1 fully saturated rings. The molecule has 0 N–H and O–H groups in total. The highest BCUT2D eigenvalue weighted by Crippen LogP contribution is 2.63. The van der Waals surface area contributed by atoms with E-state index < -0.39 is 28.8 Å². The first-order valence-corrected chi connectivity index (χ1v) is 9.31. The van der Waals surface area contributed by atoms with E-state index in [1.54, 1.807) is 12.2 Å². The van der Waals surface area contributed by atoms with E-state index in [9.17, 15) is 9.59 Å². The van der Waals surface area contributed by atoms with Crippen molar-refractivity contribution < 1.29 is 28.5 Å². The van der Waals surface area contributed by atoms with Crippen LogP contribution < -0.4 is 0 Å². The van der Waals surface area contributed by atoms with Crippen LogP contribution in [0.15, 0.2) is 49.1 Å². The summed E-state index contributed by atoms with van der Waals surface area (Å²) in [5.41, 5.74) is -0.444. The summed E-state index contributed by atoms with van der Waals surface area (Å²) in [4.78, 5) is 27.1. The van der Waals surface area contributed by atoms with E-state index in [2.05, 4.69) is 13.2 Å². The van der Waals surface area contributed by atoms with Crippen LogP contribution in [0, 0.1) is 23.2 Å². The van der Waals surface area contributed by atoms with Gasteiger partial charge in [0, 0.05) is 51.8 Å². The Morgan fingerprint density at radius 3 is 2.07 bits per heavy atom. The standard InChI is InChI=1S/C22H28O6/c1-7-9-14-13-16-17(22(27-5,28-6)18(14)23)15-10-12-20(16,11-8-2)19(24)21(15,25-3)26-4/h7-8,10,12-13,15-17H,1-2,9,11H2,3-6H3/t15-,16+,17+,20+/m0/s1. The molecule has 0 spiro atoms. The third-order valence-corrected chi connectivity index (χ3v) is 6.63. The van der Waals surface area contributed by atoms with Crippen molar-refractivity contribution in [3.05, 3.63) is 49.1 Å². The summed E-state index contributed by atoms with van der Waals surface area (Å²) in [6.45, 7) is 7.60. The van der Waals surface area contributed by atoms with E-state index in [0.717, 1.165) is 0 Å². The third kappa shape index (κ3) is 2.29. The number of allylic oxidation sites excluding steroid dienone is 4. The van der Waals surface area contributed by atoms with Crippen LogP contribution in [-0.2, 0) is 28.5 Å². The zero-order valence-corrected chi connectivity index (χ0v) is 16.9. The molecule has 0 aromatic heterocycles. The lowest BCUT2D eigenvalue weighted by Crippen LogP contribution is -2.73. The number of rotatable bonds is 8. The number of methoxy groups -OCH3 is 4. The van der Waals surface area contributed by atoms with Crippen LogP contribution in [0.5, 0.6) is 0 Å². The van der Waals surface area contributed by atoms with Crippen molar-refractivity contribution in [2.75, 3.05) is 28.4 Å². The molecule has 0 amide bonds. The number of Topliss-reactive ketones (excluding diaryl/α,β-unsaturated/α-hetero) is 2. The number of carbonyl (C=O) groups is 2. The van der Waals surface area contributed by atoms with E-state index in [1.807, 2.05) is 18.2 Å². The SMILES string of the molecule is C=CCC1=C[C@@H]2[C@@H]([C@@H]3C=C[C@@]2(CC=C)C(=O)C3(OC)OC)C(OC)(OC)C1=O. The molecule has 6 nitrogen and oxygen atoms in total. The fourth-order valence-corrected chi connectivity index (χ4v) is 5.44. The second-order valence-electron chi connectivity index (χ2n) is 7.46. The second kappa shape index (κ2) is 7.19. The first-order chi connectivity index (χ1) is 13.4. The van der Waals surface area contributed by atoms with Crippen molar-refractivity contribution in [1.29, 1.82) is 0 Å². The molecule has 0 aliphatic heterocycles. The average Bonchev–Trinajstić information content (AvgIpc) is 2.71. The molecule has 0 radical (unpaired) electrons. The quantitative estimate of drug-likeness (QED) is 0.470. The van der Waals surface area contributed by atoms with Crippen LogP contribution in [0.1, 0.15) is 12.8 Å². The van der Waals surface area contributed by atoms with Crippen LogP contribution in [0.2, 0.25) is 0 Å². The third-order valence-electron chi connectivity index (χ3n) is 6.63. The topological polar surface area (TPSA) is 71.1 Å². The minimum absolute atomic E-state index is 0.177. The second-order valence-corrected chi connectivity index (χ2v) is 7.46. The van der Waals surface area contributed by atoms with E-state index >= 15 is 0 Å². The van der Waals surface area contributed by atoms with Gasteiger partial charge in [-0.25, -0.2) is 0 Å². The molecule has 0 heterocycles. The highest BCUT2D eigenvalue weighted by Gasteiger charge is 2.73. The molecular formula is C22H28O6. The molecule has 0 aromatic carbocycles. The maximum absolute atomic E-state index is 13.7. The van der Waals surface area contributed by atoms with Crippen molar-refractivity contribution in [2.45, 2.75) is 24.4 Å². The smallest absolute Gasteiger partial charge is 0.237 e. The highest BCUT2D eigenvalue weighted by molar-refractivity contribution is 6.04. The van der Waals surface area contributed by atoms with E-state index in [0.29, 0.717) is 18.4 Å². The van der Waals surface area contributed by atoms with Gasteiger partial charge in [0.15, 0.2) is 0 Å². The molecular weight excluding hydrogens is 360 g/mol. The first kappa shape index (κ1) is 20.9. The zero-order valence-electron chi connectivity index (χ0n) is 16.9. The maximum atomic E-state index is 13.7. The Kier molecular flexibility index (Phi) is 5.36. The Morgan fingerprint density at radius 2 is 1.57 bits per heavy atom. The molecule has 152 valence electrons. The van der Waals surface area contributed by atoms with E-state index in [4.69, 9.17) is 18.9 Å². The van der Waals surface area contributed by atoms with Crippen LogP contribution in [0.25, 0.3) is 0 Å². The number of fused-ring (bicyclic) bond motifs is 1. The largest absolute Gasteiger partial charge is 0.346 e. The van der Waals surface area contributed by atoms with Gasteiger partial charge in [-0.2, -0.15) is 0 Å². The van der Waals surface area contributed by atoms with Crippen molar-refractivity contribution in [2.24, 2.45) is 23.2 Å². The molecule has 1 saturated carbocycles. The van der Waals surface area contributed by atoms with Crippen molar-refractivity contribution in [3.8, 4) is 0 Å². The van der Waals surface area contributed by atoms with Gasteiger partial charge in [-0.3, -0.25) is 9.59 Å². The van der Waals surface area contributed by atoms with Gasteiger partial charge in [-0.05, 0) is 12.8 Å². The molecule has 4 aliphatic rings. The van der Waals surface area contributed by atoms with Gasteiger partial charge in [0.25, 0.3) is 0 Å². The van der Waals surface area contributed by atoms with E-state index in [1.165, 1.54) is 28.4 Å². The Labute approximate surface area is 165 Å². The Bertz CT molecular complexity index is 755. The zero-order chi connectivity index (χ0) is 20.7. The molecule has 2 bridgehead atoms. The number of ketones is 2. The summed E-state index contributed by atoms with van der Waals surface area (Å²) in [6.07, 6.45) is 9.80. The van der Waals surface area contributed by atoms with Gasteiger partial charge in [0.05, 0.1) is 5.41 Å². The summed E-state index contributed by atoms with van der Waals surface area (Å²) in [6, 6.07) is 0. The fraction of sp³-hybridized carbons (Fsp3) is 0.545. The lowest BCUT2D eigenvalue weighted by molar-refractivity contribution is -0.303. The maximum Gasteiger partial charge on any atom is 0.237 e. The molecule has 4 rings (SSSR count). The van der Waals surface area contributed by atoms with Crippen molar-refractivity contribution >= 4 is 11.6 Å². The molecule has 0 unspecified atom stereocenters. The predicted molar refractivity (Wildman–Crippen MR) is 103 cm³/mol. The van der Waals surface area contributed by atoms with Gasteiger partial charge < -0.3 is 18.9 Å². The van der Waals surface area contributed by atoms with Crippen LogP contribution >= 0.6 is 0 Å². The molecule has 6 heteroatoms. The average molecular weight is 388 g/mol. The van der Waals surface area contributed by atoms with E-state index in [-0.39, 0.29) is 17.5 Å². The van der Waals surface area contributed by atoms with Gasteiger partial charge >= 0.3 is 0 Å². The summed E-state index contributed by atoms with van der Waals surface area (Å²) in [5, 5.41) is 0. The van der Waals surface area contributed by atoms with Crippen molar-refractivity contribution in [3.63, 3.8) is 0 Å². The minimum Gasteiger partial charge on any atom is -0.346 e. The Morgan fingerprint density at radius 1 is 0.964 bits per heavy atom. The molecule has 4 aliphatic carbocycles. The lowest BCUT2D eigenvalue weighted by atomic mass is 9.46. The predicted octanol–water partition coefficient (Wildman–Crippen LogP) is 2.61. The summed E-state index contributed by atoms with van der Waals surface area (Å²) >= 11 is 0. The molecule has 0 aromatic rings. The summed E-state index contributed by atoms with van der Waals surface area (Å²) in [5.74, 6) is -4.92. The number of hydrogen-bond acceptors (Lipinski definition) is 6. The lowest BCUT2D eigenvalue weighted by Gasteiger charge is -2.61. The number of carbonyl (C=O) groups excluding carboxylic acids is 2. The first-order valence-electron chi connectivity index (χ1n) is 9.31. The van der Waals surface area contributed by atoms with Gasteiger partial charge in [-0.15, -0.1) is 13.2 Å². The Balaban J connectivity index is 2.34. The van der Waals surface area contributed by atoms with Crippen molar-refractivity contribution in [1.82, 2.24) is 0 Å². The highest BCUT2D eigenvalue weighted by atomic mass is 16.7. The van der Waals surface area contributed by atoms with Gasteiger partial charge in [-0.1, -0.05) is 30.4 Å². The van der Waals surface area contributed by atoms with Crippen LogP contribution in [0.4, 0.5) is 0 Å². The number of ether oxygens (including phenoxy) is 4. The molecule has 28 heavy (non-hydrogen) atoms. The fourth-order valence-electron chi connectivity index (χ4n) is 5.44. The normalized spacial score (nSPS) is 34.7. The number of hydrogen-bond donors (Lipinski definition) is 0. The minimum atomic E-state index is -1.55. The van der Waals surface area contributed by atoms with Gasteiger partial charge in [0.1, 0.15) is 0 Å².